The molecule has 1 N–H and O–H groups in total. The number of rotatable bonds is 4. The van der Waals surface area contributed by atoms with Crippen LogP contribution in [0.25, 0.3) is 0 Å². The van der Waals surface area contributed by atoms with Crippen LogP contribution in [0, 0.1) is 0 Å². The molecule has 0 aliphatic rings. The van der Waals surface area contributed by atoms with Crippen LogP contribution in [0.3, 0.4) is 0 Å². The molecule has 50 valence electrons. The fourth-order valence-corrected chi connectivity index (χ4v) is 1.51. The molecule has 0 aromatic heterocycles. The summed E-state index contributed by atoms with van der Waals surface area (Å²) in [4.78, 5) is 4.74. The molecular weight excluding hydrogens is 118 g/mol. The molecule has 1 unspecified atom stereocenters. The Labute approximate surface area is 54.0 Å². The fourth-order valence-electron chi connectivity index (χ4n) is 0.693. The van der Waals surface area contributed by atoms with E-state index in [9.17, 15) is 0 Å². The molecule has 0 saturated carbocycles. The highest BCUT2D eigenvalue weighted by Gasteiger charge is 1.94. The molecule has 3 heteroatoms. The Balaban J connectivity index is 2.92. The van der Waals surface area contributed by atoms with Crippen LogP contribution in [0.1, 0.15) is 19.8 Å². The summed E-state index contributed by atoms with van der Waals surface area (Å²) in [5.74, 6) is 0. The molecule has 0 amide bonds. The molecule has 0 rings (SSSR count). The molecule has 0 spiro atoms. The Hall–Kier alpha value is 0.137. The molecular formula is C5H15NOSi. The first-order valence-corrected chi connectivity index (χ1v) is 4.25. The SMILES string of the molecule is CCCC([SiH3])NOC. The van der Waals surface area contributed by atoms with Gasteiger partial charge in [-0.2, -0.15) is 0 Å². The Bertz CT molecular complexity index is 45.7. The van der Waals surface area contributed by atoms with Crippen molar-refractivity contribution in [1.82, 2.24) is 5.48 Å². The summed E-state index contributed by atoms with van der Waals surface area (Å²) in [5.41, 5.74) is 3.54. The zero-order valence-corrected chi connectivity index (χ0v) is 7.90. The topological polar surface area (TPSA) is 21.3 Å². The fraction of sp³-hybridized carbons (Fsp3) is 1.00. The van der Waals surface area contributed by atoms with Gasteiger partial charge in [0.2, 0.25) is 0 Å². The van der Waals surface area contributed by atoms with Crippen LogP contribution < -0.4 is 5.48 Å². The van der Waals surface area contributed by atoms with Gasteiger partial charge in [-0.3, -0.25) is 0 Å². The van der Waals surface area contributed by atoms with E-state index in [1.54, 1.807) is 7.11 Å². The summed E-state index contributed by atoms with van der Waals surface area (Å²) in [6.45, 7) is 2.18. The summed E-state index contributed by atoms with van der Waals surface area (Å²) in [5, 5.41) is 0. The second-order valence-corrected chi connectivity index (χ2v) is 3.41. The van der Waals surface area contributed by atoms with Gasteiger partial charge in [-0.1, -0.05) is 13.3 Å². The van der Waals surface area contributed by atoms with E-state index in [0.29, 0.717) is 5.67 Å². The second-order valence-electron chi connectivity index (χ2n) is 2.01. The van der Waals surface area contributed by atoms with Gasteiger partial charge in [0.15, 0.2) is 0 Å². The zero-order valence-electron chi connectivity index (χ0n) is 5.90. The zero-order chi connectivity index (χ0) is 6.41. The summed E-state index contributed by atoms with van der Waals surface area (Å²) in [7, 11) is 2.84. The standard InChI is InChI=1S/C5H15NOSi/c1-3-4-5(8)6-7-2/h5-6H,3-4H2,1-2,8H3. The van der Waals surface area contributed by atoms with E-state index in [2.05, 4.69) is 12.4 Å². The normalized spacial score (nSPS) is 14.2. The predicted octanol–water partition coefficient (Wildman–Crippen LogP) is -0.371. The molecule has 0 radical (unpaired) electrons. The maximum absolute atomic E-state index is 4.74. The third kappa shape index (κ3) is 4.30. The van der Waals surface area contributed by atoms with E-state index < -0.39 is 0 Å². The average Bonchev–Trinajstić information content (AvgIpc) is 1.68. The number of hydrogen-bond acceptors (Lipinski definition) is 2. The van der Waals surface area contributed by atoms with E-state index in [4.69, 9.17) is 4.84 Å². The molecule has 0 saturated heterocycles. The van der Waals surface area contributed by atoms with Gasteiger partial charge in [0.05, 0.1) is 7.11 Å². The van der Waals surface area contributed by atoms with Crippen molar-refractivity contribution in [2.24, 2.45) is 0 Å². The molecule has 0 aliphatic heterocycles. The van der Waals surface area contributed by atoms with E-state index in [1.807, 2.05) is 0 Å². The summed E-state index contributed by atoms with van der Waals surface area (Å²) >= 11 is 0. The van der Waals surface area contributed by atoms with E-state index >= 15 is 0 Å². The van der Waals surface area contributed by atoms with Crippen molar-refractivity contribution in [2.45, 2.75) is 25.4 Å². The molecule has 1 atom stereocenters. The van der Waals surface area contributed by atoms with Crippen molar-refractivity contribution < 1.29 is 4.84 Å². The smallest absolute Gasteiger partial charge is 0.0572 e. The Morgan fingerprint density at radius 3 is 2.75 bits per heavy atom. The van der Waals surface area contributed by atoms with E-state index in [1.165, 1.54) is 23.1 Å². The van der Waals surface area contributed by atoms with Crippen molar-refractivity contribution in [3.8, 4) is 0 Å². The lowest BCUT2D eigenvalue weighted by atomic mass is 10.3. The van der Waals surface area contributed by atoms with E-state index in [0.717, 1.165) is 0 Å². The van der Waals surface area contributed by atoms with Crippen LogP contribution >= 0.6 is 0 Å². The first-order valence-electron chi connectivity index (χ1n) is 3.09. The quantitative estimate of drug-likeness (QED) is 0.417. The van der Waals surface area contributed by atoms with Gasteiger partial charge in [0.25, 0.3) is 0 Å². The van der Waals surface area contributed by atoms with Gasteiger partial charge in [-0.25, -0.2) is 5.48 Å². The van der Waals surface area contributed by atoms with Crippen molar-refractivity contribution in [3.05, 3.63) is 0 Å². The van der Waals surface area contributed by atoms with Gasteiger partial charge in [-0.15, -0.1) is 0 Å². The van der Waals surface area contributed by atoms with Gasteiger partial charge in [-0.05, 0) is 6.42 Å². The average molecular weight is 133 g/mol. The molecule has 0 bridgehead atoms. The Kier molecular flexibility index (Phi) is 5.37. The molecule has 0 fully saturated rings. The first kappa shape index (κ1) is 8.14. The number of hydroxylamine groups is 1. The second kappa shape index (κ2) is 5.28. The molecule has 0 aromatic carbocycles. The van der Waals surface area contributed by atoms with Crippen LogP contribution in [0.5, 0.6) is 0 Å². The van der Waals surface area contributed by atoms with Gasteiger partial charge >= 0.3 is 0 Å². The van der Waals surface area contributed by atoms with Gasteiger partial charge in [0.1, 0.15) is 0 Å². The van der Waals surface area contributed by atoms with Crippen LogP contribution in [-0.2, 0) is 4.84 Å². The highest BCUT2D eigenvalue weighted by Crippen LogP contribution is 1.89. The van der Waals surface area contributed by atoms with Crippen LogP contribution in [-0.4, -0.2) is 23.0 Å². The van der Waals surface area contributed by atoms with Crippen molar-refractivity contribution in [2.75, 3.05) is 7.11 Å². The summed E-state index contributed by atoms with van der Waals surface area (Å²) in [6, 6.07) is 0. The third-order valence-electron chi connectivity index (χ3n) is 1.04. The monoisotopic (exact) mass is 133 g/mol. The maximum Gasteiger partial charge on any atom is 0.0572 e. The highest BCUT2D eigenvalue weighted by molar-refractivity contribution is 6.11. The molecule has 8 heavy (non-hydrogen) atoms. The maximum atomic E-state index is 4.74. The first-order chi connectivity index (χ1) is 3.81. The molecule has 0 aliphatic carbocycles. The van der Waals surface area contributed by atoms with Crippen molar-refractivity contribution in [3.63, 3.8) is 0 Å². The van der Waals surface area contributed by atoms with Crippen molar-refractivity contribution >= 4 is 10.2 Å². The van der Waals surface area contributed by atoms with Crippen LogP contribution in [0.15, 0.2) is 0 Å². The highest BCUT2D eigenvalue weighted by atomic mass is 28.1. The summed E-state index contributed by atoms with van der Waals surface area (Å²) in [6.07, 6.45) is 2.48. The lowest BCUT2D eigenvalue weighted by Crippen LogP contribution is -2.27. The summed E-state index contributed by atoms with van der Waals surface area (Å²) < 4.78 is 0. The number of nitrogens with one attached hydrogen (secondary N) is 1. The lowest BCUT2D eigenvalue weighted by molar-refractivity contribution is 0.0797. The molecule has 0 heterocycles. The van der Waals surface area contributed by atoms with Crippen molar-refractivity contribution in [1.29, 1.82) is 0 Å². The van der Waals surface area contributed by atoms with E-state index in [-0.39, 0.29) is 0 Å². The Morgan fingerprint density at radius 1 is 1.75 bits per heavy atom. The largest absolute Gasteiger partial charge is 0.305 e. The van der Waals surface area contributed by atoms with Crippen LogP contribution in [0.2, 0.25) is 0 Å². The minimum Gasteiger partial charge on any atom is -0.305 e. The number of hydrogen-bond donors (Lipinski definition) is 1. The van der Waals surface area contributed by atoms with Gasteiger partial charge in [0, 0.05) is 15.9 Å². The lowest BCUT2D eigenvalue weighted by Gasteiger charge is -2.08. The predicted molar refractivity (Wildman–Crippen MR) is 38.8 cm³/mol. The minimum absolute atomic E-state index is 0.630. The van der Waals surface area contributed by atoms with Gasteiger partial charge < -0.3 is 4.84 Å². The Morgan fingerprint density at radius 2 is 2.38 bits per heavy atom. The third-order valence-corrected chi connectivity index (χ3v) is 1.85. The molecule has 0 aromatic rings. The minimum atomic E-state index is 0.630. The van der Waals surface area contributed by atoms with Crippen LogP contribution in [0.4, 0.5) is 0 Å². The molecule has 2 nitrogen and oxygen atoms in total.